The van der Waals surface area contributed by atoms with E-state index in [-0.39, 0.29) is 10.8 Å². The zero-order chi connectivity index (χ0) is 19.2. The summed E-state index contributed by atoms with van der Waals surface area (Å²) in [6, 6.07) is 14.1. The van der Waals surface area contributed by atoms with E-state index in [9.17, 15) is 13.2 Å². The summed E-state index contributed by atoms with van der Waals surface area (Å²) in [6.45, 7) is 3.80. The van der Waals surface area contributed by atoms with Gasteiger partial charge in [0, 0.05) is 24.5 Å². The molecule has 3 aromatic rings. The monoisotopic (exact) mass is 381 g/mol. The Morgan fingerprint density at radius 1 is 1.11 bits per heavy atom. The molecule has 0 bridgehead atoms. The number of hydrogen-bond donors (Lipinski definition) is 1. The van der Waals surface area contributed by atoms with Gasteiger partial charge in [-0.2, -0.15) is 0 Å². The SMILES string of the molecule is CC(=O)Nc1ccc(S(=O)(=O)N2CCc3cc4cc(C)ccc4nc32)cc1. The van der Waals surface area contributed by atoms with Gasteiger partial charge in [-0.1, -0.05) is 11.6 Å². The number of aryl methyl sites for hydroxylation is 1. The molecule has 0 aliphatic carbocycles. The maximum absolute atomic E-state index is 13.1. The van der Waals surface area contributed by atoms with E-state index in [1.165, 1.54) is 23.4 Å². The molecular formula is C20H19N3O3S. The molecule has 7 heteroatoms. The summed E-state index contributed by atoms with van der Waals surface area (Å²) in [5.41, 5.74) is 3.42. The largest absolute Gasteiger partial charge is 0.326 e. The Morgan fingerprint density at radius 3 is 2.56 bits per heavy atom. The fraction of sp³-hybridized carbons (Fsp3) is 0.200. The highest BCUT2D eigenvalue weighted by Gasteiger charge is 2.32. The van der Waals surface area contributed by atoms with Crippen molar-refractivity contribution in [2.45, 2.75) is 25.2 Å². The third kappa shape index (κ3) is 3.14. The Bertz CT molecular complexity index is 1160. The van der Waals surface area contributed by atoms with Gasteiger partial charge in [-0.15, -0.1) is 0 Å². The van der Waals surface area contributed by atoms with Crippen molar-refractivity contribution >= 4 is 38.3 Å². The van der Waals surface area contributed by atoms with Crippen LogP contribution in [0.25, 0.3) is 10.9 Å². The molecule has 6 nitrogen and oxygen atoms in total. The zero-order valence-electron chi connectivity index (χ0n) is 15.1. The summed E-state index contributed by atoms with van der Waals surface area (Å²) in [5, 5.41) is 3.65. The Balaban J connectivity index is 1.72. The number of aromatic nitrogens is 1. The minimum absolute atomic E-state index is 0.176. The van der Waals surface area contributed by atoms with Crippen LogP contribution in [-0.4, -0.2) is 25.9 Å². The molecule has 138 valence electrons. The number of sulfonamides is 1. The van der Waals surface area contributed by atoms with E-state index in [0.29, 0.717) is 24.5 Å². The lowest BCUT2D eigenvalue weighted by molar-refractivity contribution is -0.114. The second-order valence-electron chi connectivity index (χ2n) is 6.70. The van der Waals surface area contributed by atoms with Crippen LogP contribution in [0.3, 0.4) is 0 Å². The molecule has 0 unspecified atom stereocenters. The van der Waals surface area contributed by atoms with Crippen LogP contribution in [0.4, 0.5) is 11.5 Å². The Kier molecular flexibility index (Phi) is 4.11. The molecule has 0 spiro atoms. The molecule has 1 aliphatic rings. The molecule has 0 radical (unpaired) electrons. The number of rotatable bonds is 3. The minimum Gasteiger partial charge on any atom is -0.326 e. The lowest BCUT2D eigenvalue weighted by atomic mass is 10.1. The van der Waals surface area contributed by atoms with Crippen molar-refractivity contribution in [1.29, 1.82) is 0 Å². The van der Waals surface area contributed by atoms with Crippen molar-refractivity contribution in [3.8, 4) is 0 Å². The van der Waals surface area contributed by atoms with Gasteiger partial charge in [0.25, 0.3) is 10.0 Å². The molecule has 27 heavy (non-hydrogen) atoms. The summed E-state index contributed by atoms with van der Waals surface area (Å²) in [4.78, 5) is 15.9. The average Bonchev–Trinajstić information content (AvgIpc) is 3.03. The second kappa shape index (κ2) is 6.35. The molecule has 2 heterocycles. The van der Waals surface area contributed by atoms with Crippen LogP contribution in [0.1, 0.15) is 18.1 Å². The average molecular weight is 381 g/mol. The molecule has 0 saturated carbocycles. The number of amides is 1. The molecular weight excluding hydrogens is 362 g/mol. The van der Waals surface area contributed by atoms with Crippen LogP contribution in [-0.2, 0) is 21.2 Å². The van der Waals surface area contributed by atoms with Gasteiger partial charge in [0.1, 0.15) is 5.82 Å². The van der Waals surface area contributed by atoms with Crippen LogP contribution < -0.4 is 9.62 Å². The number of carbonyl (C=O) groups is 1. The molecule has 1 amide bonds. The summed E-state index contributed by atoms with van der Waals surface area (Å²) in [6.07, 6.45) is 0.634. The quantitative estimate of drug-likeness (QED) is 0.755. The Hall–Kier alpha value is -2.93. The van der Waals surface area contributed by atoms with Gasteiger partial charge in [0.05, 0.1) is 10.4 Å². The summed E-state index contributed by atoms with van der Waals surface area (Å²) in [7, 11) is -3.72. The minimum atomic E-state index is -3.72. The maximum atomic E-state index is 13.1. The van der Waals surface area contributed by atoms with Gasteiger partial charge in [-0.25, -0.2) is 17.7 Å². The number of carbonyl (C=O) groups excluding carboxylic acids is 1. The lowest BCUT2D eigenvalue weighted by Crippen LogP contribution is -2.29. The zero-order valence-corrected chi connectivity index (χ0v) is 15.9. The first-order valence-corrected chi connectivity index (χ1v) is 10.1. The van der Waals surface area contributed by atoms with Crippen LogP contribution in [0.5, 0.6) is 0 Å². The molecule has 0 fully saturated rings. The molecule has 4 rings (SSSR count). The van der Waals surface area contributed by atoms with E-state index < -0.39 is 10.0 Å². The van der Waals surface area contributed by atoms with Gasteiger partial charge in [0.15, 0.2) is 0 Å². The van der Waals surface area contributed by atoms with Gasteiger partial charge in [-0.05, 0) is 61.4 Å². The van der Waals surface area contributed by atoms with Crippen LogP contribution >= 0.6 is 0 Å². The van der Waals surface area contributed by atoms with Crippen LogP contribution in [0.2, 0.25) is 0 Å². The molecule has 1 aliphatic heterocycles. The highest BCUT2D eigenvalue weighted by molar-refractivity contribution is 7.92. The first-order chi connectivity index (χ1) is 12.8. The number of hydrogen-bond acceptors (Lipinski definition) is 4. The van der Waals surface area contributed by atoms with Crippen molar-refractivity contribution in [2.24, 2.45) is 0 Å². The van der Waals surface area contributed by atoms with Crippen molar-refractivity contribution in [3.05, 3.63) is 59.7 Å². The van der Waals surface area contributed by atoms with Crippen molar-refractivity contribution in [3.63, 3.8) is 0 Å². The molecule has 1 N–H and O–H groups in total. The maximum Gasteiger partial charge on any atom is 0.265 e. The number of nitrogens with one attached hydrogen (secondary N) is 1. The second-order valence-corrected chi connectivity index (χ2v) is 8.56. The highest BCUT2D eigenvalue weighted by atomic mass is 32.2. The van der Waals surface area contributed by atoms with Crippen molar-refractivity contribution in [2.75, 3.05) is 16.2 Å². The van der Waals surface area contributed by atoms with E-state index in [0.717, 1.165) is 22.0 Å². The summed E-state index contributed by atoms with van der Waals surface area (Å²) < 4.78 is 27.6. The highest BCUT2D eigenvalue weighted by Crippen LogP contribution is 2.34. The number of fused-ring (bicyclic) bond motifs is 2. The smallest absolute Gasteiger partial charge is 0.265 e. The van der Waals surface area contributed by atoms with Crippen LogP contribution in [0.15, 0.2) is 53.4 Å². The van der Waals surface area contributed by atoms with Gasteiger partial charge < -0.3 is 5.32 Å². The molecule has 1 aromatic heterocycles. The number of nitrogens with zero attached hydrogens (tertiary/aromatic N) is 2. The number of benzene rings is 2. The molecule has 0 saturated heterocycles. The fourth-order valence-electron chi connectivity index (χ4n) is 3.33. The predicted molar refractivity (Wildman–Crippen MR) is 105 cm³/mol. The summed E-state index contributed by atoms with van der Waals surface area (Å²) in [5.74, 6) is 0.294. The van der Waals surface area contributed by atoms with E-state index >= 15 is 0 Å². The van der Waals surface area contributed by atoms with E-state index in [1.807, 2.05) is 25.1 Å². The Morgan fingerprint density at radius 2 is 1.85 bits per heavy atom. The first kappa shape index (κ1) is 17.5. The third-order valence-electron chi connectivity index (χ3n) is 4.61. The third-order valence-corrected chi connectivity index (χ3v) is 6.41. The standard InChI is InChI=1S/C20H19N3O3S/c1-13-3-8-19-16(11-13)12-15-9-10-23(20(15)22-19)27(25,26)18-6-4-17(5-7-18)21-14(2)24/h3-8,11-12H,9-10H2,1-2H3,(H,21,24). The van der Waals surface area contributed by atoms with Crippen LogP contribution in [0, 0.1) is 6.92 Å². The van der Waals surface area contributed by atoms with E-state index in [4.69, 9.17) is 0 Å². The number of pyridine rings is 1. The van der Waals surface area contributed by atoms with Gasteiger partial charge in [-0.3, -0.25) is 4.79 Å². The van der Waals surface area contributed by atoms with Crippen molar-refractivity contribution in [1.82, 2.24) is 4.98 Å². The molecule has 2 aromatic carbocycles. The Labute approximate surface area is 157 Å². The lowest BCUT2D eigenvalue weighted by Gasteiger charge is -2.19. The molecule has 0 atom stereocenters. The topological polar surface area (TPSA) is 79.4 Å². The van der Waals surface area contributed by atoms with Gasteiger partial charge in [0.2, 0.25) is 5.91 Å². The number of anilines is 2. The van der Waals surface area contributed by atoms with Crippen molar-refractivity contribution < 1.29 is 13.2 Å². The summed E-state index contributed by atoms with van der Waals surface area (Å²) >= 11 is 0. The normalized spacial score (nSPS) is 13.6. The van der Waals surface area contributed by atoms with Gasteiger partial charge >= 0.3 is 0 Å². The predicted octanol–water partition coefficient (Wildman–Crippen LogP) is 3.25. The first-order valence-electron chi connectivity index (χ1n) is 8.65. The fourth-order valence-corrected chi connectivity index (χ4v) is 4.78. The van der Waals surface area contributed by atoms with E-state index in [2.05, 4.69) is 16.4 Å². The van der Waals surface area contributed by atoms with E-state index in [1.54, 1.807) is 12.1 Å².